The normalized spacial score (nSPS) is 16.6. The summed E-state index contributed by atoms with van der Waals surface area (Å²) in [7, 11) is 0. The van der Waals surface area contributed by atoms with Gasteiger partial charge < -0.3 is 26.0 Å². The summed E-state index contributed by atoms with van der Waals surface area (Å²) >= 11 is 0. The highest BCUT2D eigenvalue weighted by molar-refractivity contribution is 6.00. The Balaban J connectivity index is 1.02. The largest absolute Gasteiger partial charge is 0.381 e. The number of benzene rings is 3. The molecule has 0 aliphatic carbocycles. The molecule has 4 heterocycles. The zero-order chi connectivity index (χ0) is 38.3. The first-order chi connectivity index (χ1) is 26.8. The van der Waals surface area contributed by atoms with Crippen LogP contribution in [0.25, 0.3) is 22.2 Å². The van der Waals surface area contributed by atoms with Crippen molar-refractivity contribution in [1.29, 1.82) is 0 Å². The lowest BCUT2D eigenvalue weighted by atomic mass is 10.00. The number of fused-ring (bicyclic) bond motifs is 1. The summed E-state index contributed by atoms with van der Waals surface area (Å²) in [5.41, 5.74) is 7.78. The smallest absolute Gasteiger partial charge is 0.251 e. The standard InChI is InChI=1S/C43H51FN8O3/c1-4-39-37(40(49-36-12-16-55-17-13-36)38-25-48-52(5-2)41(38)50-39)24-47-43(54)33-11-7-10-32(21-33)42(53)46-23-30-19-34(22-35(44)20-30)31-9-6-8-29(18-31)27-51-15-14-45-28(3)26-51/h6-11,18-22,25,28,36,45H,4-5,12-17,23-24,26-27H2,1-3H3,(H,46,53)(H,47,54)(H,49,50)/t28-/m0/s1. The molecule has 3 aromatic carbocycles. The van der Waals surface area contributed by atoms with Crippen LogP contribution in [0.3, 0.4) is 0 Å². The SMILES string of the molecule is CCc1nc2c(cnn2CC)c(NC2CCOCC2)c1CNC(=O)c1cccc(C(=O)NCc2cc(F)cc(-c3cccc(CN4CCN[C@@H](C)C4)c3)c2)c1. The fourth-order valence-electron chi connectivity index (χ4n) is 7.64. The van der Waals surface area contributed by atoms with Gasteiger partial charge in [0.25, 0.3) is 11.8 Å². The highest BCUT2D eigenvalue weighted by Crippen LogP contribution is 2.31. The second kappa shape index (κ2) is 17.5. The Morgan fingerprint density at radius 3 is 2.42 bits per heavy atom. The first-order valence-corrected chi connectivity index (χ1v) is 19.5. The van der Waals surface area contributed by atoms with Gasteiger partial charge in [0.15, 0.2) is 5.65 Å². The number of rotatable bonds is 13. The van der Waals surface area contributed by atoms with Crippen LogP contribution in [0.15, 0.2) is 72.9 Å². The Labute approximate surface area is 322 Å². The Hall–Kier alpha value is -5.17. The van der Waals surface area contributed by atoms with E-state index < -0.39 is 0 Å². The Bertz CT molecular complexity index is 2150. The quantitative estimate of drug-likeness (QED) is 0.115. The molecule has 2 fully saturated rings. The molecule has 2 aliphatic heterocycles. The third-order valence-electron chi connectivity index (χ3n) is 10.5. The number of pyridine rings is 1. The molecule has 0 spiro atoms. The summed E-state index contributed by atoms with van der Waals surface area (Å²) < 4.78 is 22.4. The van der Waals surface area contributed by atoms with E-state index in [0.717, 1.165) is 78.1 Å². The third kappa shape index (κ3) is 9.21. The number of carbonyl (C=O) groups excluding carboxylic acids is 2. The zero-order valence-corrected chi connectivity index (χ0v) is 32.0. The van der Waals surface area contributed by atoms with E-state index in [1.165, 1.54) is 17.7 Å². The van der Waals surface area contributed by atoms with Crippen molar-refractivity contribution < 1.29 is 18.7 Å². The summed E-state index contributed by atoms with van der Waals surface area (Å²) in [5, 5.41) is 18.7. The molecular formula is C43H51FN8O3. The van der Waals surface area contributed by atoms with E-state index in [4.69, 9.17) is 9.72 Å². The zero-order valence-electron chi connectivity index (χ0n) is 32.0. The Morgan fingerprint density at radius 1 is 0.927 bits per heavy atom. The predicted molar refractivity (Wildman–Crippen MR) is 213 cm³/mol. The second-order valence-corrected chi connectivity index (χ2v) is 14.6. The van der Waals surface area contributed by atoms with Gasteiger partial charge in [-0.2, -0.15) is 5.10 Å². The van der Waals surface area contributed by atoms with Crippen molar-refractivity contribution in [3.8, 4) is 11.1 Å². The van der Waals surface area contributed by atoms with Gasteiger partial charge in [0, 0.05) is 93.5 Å². The molecule has 0 radical (unpaired) electrons. The number of anilines is 1. The van der Waals surface area contributed by atoms with E-state index in [2.05, 4.69) is 57.2 Å². The number of nitrogens with one attached hydrogen (secondary N) is 4. The molecule has 7 rings (SSSR count). The van der Waals surface area contributed by atoms with Gasteiger partial charge in [-0.05, 0) is 97.8 Å². The van der Waals surface area contributed by atoms with Crippen LogP contribution in [-0.4, -0.2) is 76.4 Å². The summed E-state index contributed by atoms with van der Waals surface area (Å²) in [6, 6.07) is 20.4. The molecule has 0 bridgehead atoms. The Kier molecular flexibility index (Phi) is 12.1. The number of ether oxygens (including phenoxy) is 1. The van der Waals surface area contributed by atoms with Crippen molar-refractivity contribution >= 4 is 28.5 Å². The molecule has 2 aromatic heterocycles. The average molecular weight is 747 g/mol. The highest BCUT2D eigenvalue weighted by Gasteiger charge is 2.23. The topological polar surface area (TPSA) is 125 Å². The summed E-state index contributed by atoms with van der Waals surface area (Å²) in [5.74, 6) is -1.03. The summed E-state index contributed by atoms with van der Waals surface area (Å²) in [6.45, 7) is 12.6. The predicted octanol–water partition coefficient (Wildman–Crippen LogP) is 6.06. The van der Waals surface area contributed by atoms with Gasteiger partial charge in [0.1, 0.15) is 5.82 Å². The van der Waals surface area contributed by atoms with Crippen LogP contribution in [0.5, 0.6) is 0 Å². The van der Waals surface area contributed by atoms with Crippen LogP contribution in [-0.2, 0) is 37.3 Å². The minimum atomic E-state index is -0.368. The second-order valence-electron chi connectivity index (χ2n) is 14.6. The molecule has 4 N–H and O–H groups in total. The van der Waals surface area contributed by atoms with Crippen molar-refractivity contribution in [1.82, 2.24) is 35.6 Å². The molecule has 2 saturated heterocycles. The first-order valence-electron chi connectivity index (χ1n) is 19.5. The van der Waals surface area contributed by atoms with Crippen LogP contribution in [0.1, 0.15) is 76.7 Å². The highest BCUT2D eigenvalue weighted by atomic mass is 19.1. The molecule has 12 heteroatoms. The van der Waals surface area contributed by atoms with Crippen LogP contribution in [0, 0.1) is 5.82 Å². The van der Waals surface area contributed by atoms with Crippen LogP contribution >= 0.6 is 0 Å². The van der Waals surface area contributed by atoms with Crippen molar-refractivity contribution in [2.45, 2.75) is 78.3 Å². The fraction of sp³-hybridized carbons (Fsp3) is 0.395. The van der Waals surface area contributed by atoms with E-state index in [9.17, 15) is 14.0 Å². The molecule has 2 aliphatic rings. The molecule has 2 amide bonds. The molecule has 55 heavy (non-hydrogen) atoms. The van der Waals surface area contributed by atoms with Crippen molar-refractivity contribution in [2.24, 2.45) is 0 Å². The fourth-order valence-corrected chi connectivity index (χ4v) is 7.64. The van der Waals surface area contributed by atoms with E-state index in [1.54, 1.807) is 24.3 Å². The number of aromatic nitrogens is 3. The molecule has 0 saturated carbocycles. The van der Waals surface area contributed by atoms with Gasteiger partial charge in [0.05, 0.1) is 17.3 Å². The Morgan fingerprint density at radius 2 is 1.67 bits per heavy atom. The first kappa shape index (κ1) is 38.1. The van der Waals surface area contributed by atoms with Gasteiger partial charge in [-0.3, -0.25) is 14.5 Å². The number of hydrogen-bond donors (Lipinski definition) is 4. The number of amides is 2. The number of aryl methyl sites for hydroxylation is 2. The van der Waals surface area contributed by atoms with E-state index in [-0.39, 0.29) is 36.8 Å². The molecule has 11 nitrogen and oxygen atoms in total. The maximum absolute atomic E-state index is 14.9. The van der Waals surface area contributed by atoms with Gasteiger partial charge in [-0.1, -0.05) is 31.2 Å². The van der Waals surface area contributed by atoms with Gasteiger partial charge >= 0.3 is 0 Å². The number of piperazine rings is 1. The van der Waals surface area contributed by atoms with Gasteiger partial charge in [0.2, 0.25) is 0 Å². The van der Waals surface area contributed by atoms with Gasteiger partial charge in [-0.25, -0.2) is 14.1 Å². The monoisotopic (exact) mass is 746 g/mol. The van der Waals surface area contributed by atoms with Crippen molar-refractivity contribution in [3.63, 3.8) is 0 Å². The van der Waals surface area contributed by atoms with Crippen molar-refractivity contribution in [2.75, 3.05) is 38.2 Å². The lowest BCUT2D eigenvalue weighted by Gasteiger charge is -2.31. The van der Waals surface area contributed by atoms with Gasteiger partial charge in [-0.15, -0.1) is 0 Å². The van der Waals surface area contributed by atoms with Crippen molar-refractivity contribution in [3.05, 3.63) is 112 Å². The molecule has 0 unspecified atom stereocenters. The summed E-state index contributed by atoms with van der Waals surface area (Å²) in [6.07, 6.45) is 4.31. The summed E-state index contributed by atoms with van der Waals surface area (Å²) in [4.78, 5) is 34.3. The number of carbonyl (C=O) groups is 2. The lowest BCUT2D eigenvalue weighted by Crippen LogP contribution is -2.48. The molecular weight excluding hydrogens is 696 g/mol. The third-order valence-corrected chi connectivity index (χ3v) is 10.5. The van der Waals surface area contributed by atoms with E-state index in [1.807, 2.05) is 36.0 Å². The number of hydrogen-bond acceptors (Lipinski definition) is 8. The average Bonchev–Trinajstić information content (AvgIpc) is 3.62. The molecule has 1 atom stereocenters. The van der Waals surface area contributed by atoms with Crippen LogP contribution < -0.4 is 21.3 Å². The molecule has 5 aromatic rings. The van der Waals surface area contributed by atoms with Crippen LogP contribution in [0.2, 0.25) is 0 Å². The van der Waals surface area contributed by atoms with Crippen LogP contribution in [0.4, 0.5) is 10.1 Å². The molecule has 288 valence electrons. The maximum Gasteiger partial charge on any atom is 0.251 e. The maximum atomic E-state index is 14.9. The van der Waals surface area contributed by atoms with E-state index in [0.29, 0.717) is 48.9 Å². The number of nitrogens with zero attached hydrogens (tertiary/aromatic N) is 4. The lowest BCUT2D eigenvalue weighted by molar-refractivity contribution is 0.0904. The number of halogens is 1. The van der Waals surface area contributed by atoms with E-state index >= 15 is 0 Å². The minimum Gasteiger partial charge on any atom is -0.381 e. The minimum absolute atomic E-state index is 0.130.